The summed E-state index contributed by atoms with van der Waals surface area (Å²) < 4.78 is 7.14. The Hall–Kier alpha value is -0.940. The van der Waals surface area contributed by atoms with E-state index >= 15 is 0 Å². The number of methoxy groups -OCH3 is 1. The Balaban J connectivity index is 2.92. The molecule has 1 aromatic heterocycles. The summed E-state index contributed by atoms with van der Waals surface area (Å²) >= 11 is 0. The Morgan fingerprint density at radius 3 is 2.40 bits per heavy atom. The van der Waals surface area contributed by atoms with Gasteiger partial charge in [0.05, 0.1) is 24.0 Å². The molecule has 1 rings (SSSR count). The Bertz CT molecular complexity index is 315. The molecule has 5 nitrogen and oxygen atoms in total. The second kappa shape index (κ2) is 4.28. The summed E-state index contributed by atoms with van der Waals surface area (Å²) in [6.45, 7) is 6.31. The topological polar surface area (TPSA) is 66.0 Å². The number of hydrogen-bond donors (Lipinski definition) is 1. The normalized spacial score (nSPS) is 16.4. The molecule has 5 heteroatoms. The van der Waals surface area contributed by atoms with Gasteiger partial charge in [0.2, 0.25) is 0 Å². The fourth-order valence-electron chi connectivity index (χ4n) is 1.79. The van der Waals surface area contributed by atoms with Gasteiger partial charge in [-0.3, -0.25) is 4.68 Å². The molecule has 0 bridgehead atoms. The quantitative estimate of drug-likeness (QED) is 0.807. The van der Waals surface area contributed by atoms with Crippen LogP contribution in [-0.4, -0.2) is 28.2 Å². The smallest absolute Gasteiger partial charge is 0.0827 e. The highest BCUT2D eigenvalue weighted by atomic mass is 16.5. The van der Waals surface area contributed by atoms with Gasteiger partial charge in [-0.2, -0.15) is 0 Å². The molecule has 2 atom stereocenters. The van der Waals surface area contributed by atoms with Crippen molar-refractivity contribution in [2.45, 2.75) is 32.9 Å². The monoisotopic (exact) mass is 212 g/mol. The number of aryl methyl sites for hydroxylation is 1. The molecule has 0 aliphatic carbocycles. The van der Waals surface area contributed by atoms with Gasteiger partial charge < -0.3 is 10.5 Å². The van der Waals surface area contributed by atoms with Crippen molar-refractivity contribution in [2.75, 3.05) is 7.11 Å². The predicted molar refractivity (Wildman–Crippen MR) is 58.2 cm³/mol. The third-order valence-electron chi connectivity index (χ3n) is 2.52. The van der Waals surface area contributed by atoms with Crippen LogP contribution in [-0.2, 0) is 11.8 Å². The molecule has 1 heterocycles. The third-order valence-corrected chi connectivity index (χ3v) is 2.52. The van der Waals surface area contributed by atoms with Crippen molar-refractivity contribution in [3.05, 3.63) is 11.9 Å². The molecular formula is C10H20N4O. The summed E-state index contributed by atoms with van der Waals surface area (Å²) in [5.41, 5.74) is 7.03. The van der Waals surface area contributed by atoms with Gasteiger partial charge in [0.1, 0.15) is 0 Å². The molecule has 2 N–H and O–H groups in total. The van der Waals surface area contributed by atoms with Crippen LogP contribution in [0.15, 0.2) is 6.20 Å². The van der Waals surface area contributed by atoms with Crippen LogP contribution < -0.4 is 5.73 Å². The molecule has 1 aromatic rings. The number of nitrogens with two attached hydrogens (primary N) is 1. The lowest BCUT2D eigenvalue weighted by molar-refractivity contribution is -0.00411. The molecule has 0 fully saturated rings. The second-order valence-corrected chi connectivity index (χ2v) is 4.83. The van der Waals surface area contributed by atoms with Crippen molar-refractivity contribution < 1.29 is 4.74 Å². The van der Waals surface area contributed by atoms with Gasteiger partial charge in [0.15, 0.2) is 0 Å². The SMILES string of the molecule is COC(C(N)c1cnnn1C)C(C)(C)C. The molecule has 86 valence electrons. The minimum Gasteiger partial charge on any atom is -0.379 e. The molecule has 0 aliphatic heterocycles. The summed E-state index contributed by atoms with van der Waals surface area (Å²) in [5, 5.41) is 7.69. The highest BCUT2D eigenvalue weighted by Gasteiger charge is 2.32. The maximum atomic E-state index is 6.16. The first-order valence-electron chi connectivity index (χ1n) is 5.01. The van der Waals surface area contributed by atoms with Crippen LogP contribution in [0.4, 0.5) is 0 Å². The van der Waals surface area contributed by atoms with Crippen LogP contribution in [0.1, 0.15) is 32.5 Å². The highest BCUT2D eigenvalue weighted by molar-refractivity contribution is 5.05. The van der Waals surface area contributed by atoms with Crippen molar-refractivity contribution in [1.82, 2.24) is 15.0 Å². The van der Waals surface area contributed by atoms with E-state index in [4.69, 9.17) is 10.5 Å². The summed E-state index contributed by atoms with van der Waals surface area (Å²) in [6, 6.07) is -0.213. The van der Waals surface area contributed by atoms with Gasteiger partial charge in [0, 0.05) is 14.2 Å². The van der Waals surface area contributed by atoms with Crippen LogP contribution in [0, 0.1) is 5.41 Å². The van der Waals surface area contributed by atoms with Crippen molar-refractivity contribution in [2.24, 2.45) is 18.2 Å². The number of hydrogen-bond acceptors (Lipinski definition) is 4. The van der Waals surface area contributed by atoms with E-state index in [2.05, 4.69) is 31.1 Å². The van der Waals surface area contributed by atoms with Crippen LogP contribution in [0.2, 0.25) is 0 Å². The average Bonchev–Trinajstić information content (AvgIpc) is 2.49. The van der Waals surface area contributed by atoms with Crippen molar-refractivity contribution in [1.29, 1.82) is 0 Å². The summed E-state index contributed by atoms with van der Waals surface area (Å²) in [6.07, 6.45) is 1.62. The van der Waals surface area contributed by atoms with E-state index in [-0.39, 0.29) is 17.6 Å². The number of nitrogens with zero attached hydrogens (tertiary/aromatic N) is 3. The molecule has 0 spiro atoms. The molecule has 0 amide bonds. The van der Waals surface area contributed by atoms with E-state index in [1.807, 2.05) is 7.05 Å². The van der Waals surface area contributed by atoms with Gasteiger partial charge in [-0.25, -0.2) is 0 Å². The molecular weight excluding hydrogens is 192 g/mol. The zero-order chi connectivity index (χ0) is 11.6. The van der Waals surface area contributed by atoms with Crippen LogP contribution in [0.25, 0.3) is 0 Å². The van der Waals surface area contributed by atoms with Crippen LogP contribution in [0.3, 0.4) is 0 Å². The number of ether oxygens (including phenoxy) is 1. The van der Waals surface area contributed by atoms with E-state index in [1.165, 1.54) is 0 Å². The van der Waals surface area contributed by atoms with Gasteiger partial charge >= 0.3 is 0 Å². The van der Waals surface area contributed by atoms with Gasteiger partial charge in [-0.15, -0.1) is 5.10 Å². The minimum atomic E-state index is -0.213. The van der Waals surface area contributed by atoms with E-state index in [1.54, 1.807) is 18.0 Å². The van der Waals surface area contributed by atoms with E-state index in [0.717, 1.165) is 5.69 Å². The van der Waals surface area contributed by atoms with Gasteiger partial charge in [-0.05, 0) is 5.41 Å². The van der Waals surface area contributed by atoms with Crippen molar-refractivity contribution >= 4 is 0 Å². The summed E-state index contributed by atoms with van der Waals surface area (Å²) in [7, 11) is 3.51. The standard InChI is InChI=1S/C10H20N4O/c1-10(2,3)9(15-5)8(11)7-6-12-13-14(7)4/h6,8-9H,11H2,1-5H3. The molecule has 0 saturated carbocycles. The molecule has 0 saturated heterocycles. The first-order valence-corrected chi connectivity index (χ1v) is 5.01. The Morgan fingerprint density at radius 2 is 2.07 bits per heavy atom. The number of aromatic nitrogens is 3. The maximum Gasteiger partial charge on any atom is 0.0827 e. The van der Waals surface area contributed by atoms with Crippen LogP contribution >= 0.6 is 0 Å². The Morgan fingerprint density at radius 1 is 1.47 bits per heavy atom. The molecule has 15 heavy (non-hydrogen) atoms. The fraction of sp³-hybridized carbons (Fsp3) is 0.800. The lowest BCUT2D eigenvalue weighted by atomic mass is 9.84. The van der Waals surface area contributed by atoms with E-state index in [0.29, 0.717) is 0 Å². The van der Waals surface area contributed by atoms with E-state index in [9.17, 15) is 0 Å². The molecule has 0 aromatic carbocycles. The number of rotatable bonds is 3. The zero-order valence-corrected chi connectivity index (χ0v) is 10.1. The second-order valence-electron chi connectivity index (χ2n) is 4.83. The van der Waals surface area contributed by atoms with Crippen molar-refractivity contribution in [3.8, 4) is 0 Å². The third kappa shape index (κ3) is 2.54. The zero-order valence-electron chi connectivity index (χ0n) is 10.1. The van der Waals surface area contributed by atoms with Gasteiger partial charge in [0.25, 0.3) is 0 Å². The molecule has 0 aliphatic rings. The van der Waals surface area contributed by atoms with Gasteiger partial charge in [-0.1, -0.05) is 26.0 Å². The Kier molecular flexibility index (Phi) is 3.46. The minimum absolute atomic E-state index is 0.0154. The van der Waals surface area contributed by atoms with Crippen LogP contribution in [0.5, 0.6) is 0 Å². The highest BCUT2D eigenvalue weighted by Crippen LogP contribution is 2.30. The maximum absolute atomic E-state index is 6.16. The summed E-state index contributed by atoms with van der Waals surface area (Å²) in [4.78, 5) is 0. The molecule has 2 unspecified atom stereocenters. The first kappa shape index (κ1) is 12.1. The largest absolute Gasteiger partial charge is 0.379 e. The van der Waals surface area contributed by atoms with Crippen molar-refractivity contribution in [3.63, 3.8) is 0 Å². The fourth-order valence-corrected chi connectivity index (χ4v) is 1.79. The lowest BCUT2D eigenvalue weighted by Gasteiger charge is -2.33. The predicted octanol–water partition coefficient (Wildman–Crippen LogP) is 0.876. The molecule has 0 radical (unpaired) electrons. The first-order chi connectivity index (χ1) is 6.88. The summed E-state index contributed by atoms with van der Waals surface area (Å²) in [5.74, 6) is 0. The Labute approximate surface area is 90.6 Å². The lowest BCUT2D eigenvalue weighted by Crippen LogP contribution is -2.39. The average molecular weight is 212 g/mol. The van der Waals surface area contributed by atoms with E-state index < -0.39 is 0 Å².